The Hall–Kier alpha value is -0.980. The molecule has 2 rings (SSSR count). The van der Waals surface area contributed by atoms with Crippen molar-refractivity contribution in [3.05, 3.63) is 29.8 Å². The van der Waals surface area contributed by atoms with Crippen LogP contribution in [0.5, 0.6) is 5.75 Å². The van der Waals surface area contributed by atoms with E-state index in [1.165, 1.54) is 25.7 Å². The Labute approximate surface area is 151 Å². The summed E-state index contributed by atoms with van der Waals surface area (Å²) in [6.07, 6.45) is 5.15. The van der Waals surface area contributed by atoms with E-state index in [-0.39, 0.29) is 24.0 Å². The van der Waals surface area contributed by atoms with Crippen molar-refractivity contribution in [3.8, 4) is 5.75 Å². The number of guanidine groups is 1. The first-order valence-corrected chi connectivity index (χ1v) is 8.09. The molecule has 2 N–H and O–H groups in total. The van der Waals surface area contributed by atoms with Crippen LogP contribution in [0.15, 0.2) is 29.3 Å². The van der Waals surface area contributed by atoms with Gasteiger partial charge in [0.1, 0.15) is 5.75 Å². The quantitative estimate of drug-likeness (QED) is 0.422. The lowest BCUT2D eigenvalue weighted by atomic mass is 10.2. The van der Waals surface area contributed by atoms with Gasteiger partial charge in [-0.3, -0.25) is 0 Å². The maximum atomic E-state index is 5.65. The first kappa shape index (κ1) is 19.1. The van der Waals surface area contributed by atoms with Crippen LogP contribution in [0.1, 0.15) is 45.1 Å². The summed E-state index contributed by atoms with van der Waals surface area (Å²) in [5.41, 5.74) is 1.13. The second-order valence-corrected chi connectivity index (χ2v) is 5.36. The predicted molar refractivity (Wildman–Crippen MR) is 103 cm³/mol. The van der Waals surface area contributed by atoms with E-state index >= 15 is 0 Å². The van der Waals surface area contributed by atoms with Gasteiger partial charge in [-0.2, -0.15) is 0 Å². The summed E-state index contributed by atoms with van der Waals surface area (Å²) in [5.74, 6) is 1.84. The minimum atomic E-state index is 0. The fraction of sp³-hybridized carbons (Fsp3) is 0.588. The lowest BCUT2D eigenvalue weighted by Crippen LogP contribution is -2.42. The number of rotatable bonds is 6. The van der Waals surface area contributed by atoms with E-state index < -0.39 is 0 Å². The van der Waals surface area contributed by atoms with Crippen LogP contribution in [0.2, 0.25) is 0 Å². The van der Waals surface area contributed by atoms with Crippen molar-refractivity contribution in [2.24, 2.45) is 4.99 Å². The van der Waals surface area contributed by atoms with E-state index in [0.29, 0.717) is 19.2 Å². The summed E-state index contributed by atoms with van der Waals surface area (Å²) in [6.45, 7) is 6.30. The Balaban J connectivity index is 0.00000242. The average molecular weight is 417 g/mol. The minimum Gasteiger partial charge on any atom is -0.494 e. The topological polar surface area (TPSA) is 45.7 Å². The van der Waals surface area contributed by atoms with E-state index in [1.807, 2.05) is 25.1 Å². The molecule has 0 amide bonds. The van der Waals surface area contributed by atoms with Gasteiger partial charge in [0.25, 0.3) is 0 Å². The second-order valence-electron chi connectivity index (χ2n) is 5.36. The molecule has 4 nitrogen and oxygen atoms in total. The summed E-state index contributed by atoms with van der Waals surface area (Å²) >= 11 is 0. The Morgan fingerprint density at radius 2 is 1.95 bits per heavy atom. The number of nitrogens with zero attached hydrogens (tertiary/aromatic N) is 1. The van der Waals surface area contributed by atoms with Crippen LogP contribution in [-0.4, -0.2) is 25.2 Å². The van der Waals surface area contributed by atoms with Crippen molar-refractivity contribution >= 4 is 29.9 Å². The van der Waals surface area contributed by atoms with Crippen LogP contribution < -0.4 is 15.4 Å². The van der Waals surface area contributed by atoms with Crippen molar-refractivity contribution in [2.45, 2.75) is 52.1 Å². The zero-order chi connectivity index (χ0) is 14.9. The molecule has 1 aromatic carbocycles. The SMILES string of the molecule is CCNC(=NCc1ccccc1OCC)NC1CCCC1.I. The van der Waals surface area contributed by atoms with E-state index in [0.717, 1.165) is 23.8 Å². The highest BCUT2D eigenvalue weighted by molar-refractivity contribution is 14.0. The van der Waals surface area contributed by atoms with E-state index in [4.69, 9.17) is 9.73 Å². The number of ether oxygens (including phenoxy) is 1. The van der Waals surface area contributed by atoms with Crippen molar-refractivity contribution in [1.82, 2.24) is 10.6 Å². The maximum Gasteiger partial charge on any atom is 0.191 e. The third-order valence-electron chi connectivity index (χ3n) is 3.72. The summed E-state index contributed by atoms with van der Waals surface area (Å²) in [7, 11) is 0. The summed E-state index contributed by atoms with van der Waals surface area (Å²) < 4.78 is 5.65. The zero-order valence-corrected chi connectivity index (χ0v) is 15.9. The molecule has 1 aliphatic carbocycles. The van der Waals surface area contributed by atoms with Gasteiger partial charge in [0, 0.05) is 18.2 Å². The molecule has 1 fully saturated rings. The van der Waals surface area contributed by atoms with Crippen molar-refractivity contribution < 1.29 is 4.74 Å². The zero-order valence-electron chi connectivity index (χ0n) is 13.6. The van der Waals surface area contributed by atoms with Crippen LogP contribution in [0.3, 0.4) is 0 Å². The number of hydrogen-bond acceptors (Lipinski definition) is 2. The molecule has 5 heteroatoms. The molecule has 0 heterocycles. The molecule has 22 heavy (non-hydrogen) atoms. The van der Waals surface area contributed by atoms with Gasteiger partial charge in [-0.25, -0.2) is 4.99 Å². The van der Waals surface area contributed by atoms with Crippen molar-refractivity contribution in [1.29, 1.82) is 0 Å². The van der Waals surface area contributed by atoms with E-state index in [2.05, 4.69) is 23.6 Å². The van der Waals surface area contributed by atoms with Gasteiger partial charge in [0.15, 0.2) is 5.96 Å². The first-order valence-electron chi connectivity index (χ1n) is 8.09. The fourth-order valence-electron chi connectivity index (χ4n) is 2.68. The van der Waals surface area contributed by atoms with Crippen molar-refractivity contribution in [3.63, 3.8) is 0 Å². The molecule has 0 radical (unpaired) electrons. The van der Waals surface area contributed by atoms with Gasteiger partial charge < -0.3 is 15.4 Å². The van der Waals surface area contributed by atoms with Gasteiger partial charge in [-0.05, 0) is 32.8 Å². The molecule has 0 aliphatic heterocycles. The monoisotopic (exact) mass is 417 g/mol. The molecule has 0 unspecified atom stereocenters. The number of halogens is 1. The number of nitrogens with one attached hydrogen (secondary N) is 2. The van der Waals surface area contributed by atoms with Crippen LogP contribution >= 0.6 is 24.0 Å². The summed E-state index contributed by atoms with van der Waals surface area (Å²) in [4.78, 5) is 4.70. The van der Waals surface area contributed by atoms with Crippen LogP contribution in [0.25, 0.3) is 0 Å². The third-order valence-corrected chi connectivity index (χ3v) is 3.72. The van der Waals surface area contributed by atoms with Gasteiger partial charge in [0.2, 0.25) is 0 Å². The van der Waals surface area contributed by atoms with E-state index in [9.17, 15) is 0 Å². The van der Waals surface area contributed by atoms with E-state index in [1.54, 1.807) is 0 Å². The molecule has 1 saturated carbocycles. The summed E-state index contributed by atoms with van der Waals surface area (Å²) in [6, 6.07) is 8.69. The first-order chi connectivity index (χ1) is 10.3. The predicted octanol–water partition coefficient (Wildman–Crippen LogP) is 3.70. The Bertz CT molecular complexity index is 459. The molecular formula is C17H28IN3O. The number of hydrogen-bond donors (Lipinski definition) is 2. The molecule has 1 aliphatic rings. The molecule has 0 saturated heterocycles. The highest BCUT2D eigenvalue weighted by atomic mass is 127. The van der Waals surface area contributed by atoms with Crippen molar-refractivity contribution in [2.75, 3.05) is 13.2 Å². The van der Waals surface area contributed by atoms with Gasteiger partial charge >= 0.3 is 0 Å². The molecule has 1 aromatic rings. The number of aliphatic imine (C=N–C) groups is 1. The highest BCUT2D eigenvalue weighted by Gasteiger charge is 2.15. The Morgan fingerprint density at radius 1 is 1.23 bits per heavy atom. The minimum absolute atomic E-state index is 0. The molecular weight excluding hydrogens is 389 g/mol. The molecule has 0 bridgehead atoms. The number of para-hydroxylation sites is 1. The van der Waals surface area contributed by atoms with Crippen LogP contribution in [0, 0.1) is 0 Å². The lowest BCUT2D eigenvalue weighted by Gasteiger charge is -2.17. The van der Waals surface area contributed by atoms with Gasteiger partial charge in [-0.1, -0.05) is 31.0 Å². The Morgan fingerprint density at radius 3 is 2.64 bits per heavy atom. The maximum absolute atomic E-state index is 5.65. The van der Waals surface area contributed by atoms with Crippen LogP contribution in [0.4, 0.5) is 0 Å². The molecule has 0 aromatic heterocycles. The molecule has 0 atom stereocenters. The number of benzene rings is 1. The summed E-state index contributed by atoms with van der Waals surface area (Å²) in [5, 5.41) is 6.87. The van der Waals surface area contributed by atoms with Gasteiger partial charge in [0.05, 0.1) is 13.2 Å². The smallest absolute Gasteiger partial charge is 0.191 e. The third kappa shape index (κ3) is 6.02. The lowest BCUT2D eigenvalue weighted by molar-refractivity contribution is 0.336. The molecule has 124 valence electrons. The molecule has 0 spiro atoms. The fourth-order valence-corrected chi connectivity index (χ4v) is 2.68. The van der Waals surface area contributed by atoms with Crippen LogP contribution in [-0.2, 0) is 6.54 Å². The largest absolute Gasteiger partial charge is 0.494 e. The van der Waals surface area contributed by atoms with Gasteiger partial charge in [-0.15, -0.1) is 24.0 Å². The normalized spacial score (nSPS) is 15.3. The highest BCUT2D eigenvalue weighted by Crippen LogP contribution is 2.19. The standard InChI is InChI=1S/C17H27N3O.HI/c1-3-18-17(20-15-10-6-7-11-15)19-13-14-9-5-8-12-16(14)21-4-2;/h5,8-9,12,15H,3-4,6-7,10-11,13H2,1-2H3,(H2,18,19,20);1H. The Kier molecular flexibility index (Phi) is 9.27. The average Bonchev–Trinajstić information content (AvgIpc) is 3.00. The second kappa shape index (κ2) is 10.7.